The fourth-order valence-corrected chi connectivity index (χ4v) is 3.40. The first-order valence-corrected chi connectivity index (χ1v) is 6.89. The van der Waals surface area contributed by atoms with E-state index in [-0.39, 0.29) is 0 Å². The molecule has 0 aliphatic carbocycles. The SMILES string of the molecule is C=CCn1ccnc1N(C)C1CC2CCC(C1)N2. The van der Waals surface area contributed by atoms with Crippen LogP contribution in [0.2, 0.25) is 0 Å². The van der Waals surface area contributed by atoms with Crippen LogP contribution in [0, 0.1) is 0 Å². The molecule has 0 saturated carbocycles. The van der Waals surface area contributed by atoms with Crippen LogP contribution in [0.3, 0.4) is 0 Å². The first kappa shape index (κ1) is 11.8. The van der Waals surface area contributed by atoms with Crippen molar-refractivity contribution in [3.8, 4) is 0 Å². The smallest absolute Gasteiger partial charge is 0.205 e. The van der Waals surface area contributed by atoms with Gasteiger partial charge < -0.3 is 14.8 Å². The predicted octanol–water partition coefficient (Wildman–Crippen LogP) is 1.79. The number of allylic oxidation sites excluding steroid dienone is 1. The molecule has 3 rings (SSSR count). The lowest BCUT2D eigenvalue weighted by molar-refractivity contribution is 0.351. The van der Waals surface area contributed by atoms with Crippen LogP contribution >= 0.6 is 0 Å². The van der Waals surface area contributed by atoms with Crippen LogP contribution in [0.5, 0.6) is 0 Å². The van der Waals surface area contributed by atoms with Crippen molar-refractivity contribution in [2.75, 3.05) is 11.9 Å². The van der Waals surface area contributed by atoms with Crippen molar-refractivity contribution in [2.24, 2.45) is 0 Å². The first-order valence-electron chi connectivity index (χ1n) is 6.89. The van der Waals surface area contributed by atoms with Crippen molar-refractivity contribution < 1.29 is 0 Å². The van der Waals surface area contributed by atoms with Gasteiger partial charge in [-0.25, -0.2) is 4.98 Å². The highest BCUT2D eigenvalue weighted by molar-refractivity contribution is 5.33. The standard InChI is InChI=1S/C14H22N4/c1-3-7-18-8-6-15-14(18)17(2)13-9-11-4-5-12(10-13)16-11/h3,6,8,11-13,16H,1,4-5,7,9-10H2,2H3. The third-order valence-electron chi connectivity index (χ3n) is 4.33. The maximum absolute atomic E-state index is 4.50. The second-order valence-corrected chi connectivity index (χ2v) is 5.54. The molecule has 0 aromatic carbocycles. The van der Waals surface area contributed by atoms with Gasteiger partial charge in [0.2, 0.25) is 5.95 Å². The van der Waals surface area contributed by atoms with E-state index in [0.29, 0.717) is 6.04 Å². The van der Waals surface area contributed by atoms with E-state index < -0.39 is 0 Å². The summed E-state index contributed by atoms with van der Waals surface area (Å²) < 4.78 is 2.16. The summed E-state index contributed by atoms with van der Waals surface area (Å²) in [6, 6.07) is 2.06. The van der Waals surface area contributed by atoms with Crippen molar-refractivity contribution in [1.29, 1.82) is 0 Å². The number of anilines is 1. The average Bonchev–Trinajstić information content (AvgIpc) is 2.96. The van der Waals surface area contributed by atoms with Crippen molar-refractivity contribution in [3.63, 3.8) is 0 Å². The maximum Gasteiger partial charge on any atom is 0.205 e. The van der Waals surface area contributed by atoms with Crippen LogP contribution in [0.15, 0.2) is 25.0 Å². The summed E-state index contributed by atoms with van der Waals surface area (Å²) in [6.07, 6.45) is 11.0. The molecule has 1 N–H and O–H groups in total. The molecule has 2 aliphatic rings. The molecule has 2 atom stereocenters. The van der Waals surface area contributed by atoms with Gasteiger partial charge in [-0.15, -0.1) is 6.58 Å². The van der Waals surface area contributed by atoms with E-state index in [0.717, 1.165) is 24.6 Å². The normalized spacial score (nSPS) is 30.4. The van der Waals surface area contributed by atoms with E-state index in [2.05, 4.69) is 33.4 Å². The molecule has 1 aromatic rings. The molecule has 4 heteroatoms. The topological polar surface area (TPSA) is 33.1 Å². The molecular weight excluding hydrogens is 224 g/mol. The number of nitrogens with zero attached hydrogens (tertiary/aromatic N) is 3. The third kappa shape index (κ3) is 2.05. The number of rotatable bonds is 4. The largest absolute Gasteiger partial charge is 0.342 e. The van der Waals surface area contributed by atoms with E-state index in [4.69, 9.17) is 0 Å². The maximum atomic E-state index is 4.50. The number of aromatic nitrogens is 2. The van der Waals surface area contributed by atoms with Gasteiger partial charge >= 0.3 is 0 Å². The second-order valence-electron chi connectivity index (χ2n) is 5.54. The Kier molecular flexibility index (Phi) is 3.12. The quantitative estimate of drug-likeness (QED) is 0.822. The molecule has 2 aliphatic heterocycles. The second kappa shape index (κ2) is 4.76. The van der Waals surface area contributed by atoms with Gasteiger partial charge in [-0.2, -0.15) is 0 Å². The number of hydrogen-bond donors (Lipinski definition) is 1. The van der Waals surface area contributed by atoms with Gasteiger partial charge in [0.05, 0.1) is 0 Å². The Bertz CT molecular complexity index is 413. The van der Waals surface area contributed by atoms with E-state index in [1.54, 1.807) is 0 Å². The monoisotopic (exact) mass is 246 g/mol. The van der Waals surface area contributed by atoms with Gasteiger partial charge in [-0.3, -0.25) is 0 Å². The van der Waals surface area contributed by atoms with E-state index in [1.807, 2.05) is 18.5 Å². The summed E-state index contributed by atoms with van der Waals surface area (Å²) in [4.78, 5) is 6.86. The summed E-state index contributed by atoms with van der Waals surface area (Å²) >= 11 is 0. The number of nitrogens with one attached hydrogen (secondary N) is 1. The summed E-state index contributed by atoms with van der Waals surface area (Å²) in [7, 11) is 2.18. The van der Waals surface area contributed by atoms with Crippen LogP contribution in [0.25, 0.3) is 0 Å². The molecule has 0 amide bonds. The zero-order valence-electron chi connectivity index (χ0n) is 11.0. The Morgan fingerprint density at radius 2 is 2.22 bits per heavy atom. The predicted molar refractivity (Wildman–Crippen MR) is 73.8 cm³/mol. The molecular formula is C14H22N4. The molecule has 1 aromatic heterocycles. The summed E-state index contributed by atoms with van der Waals surface area (Å²) in [5.74, 6) is 1.07. The Labute approximate surface area is 109 Å². The van der Waals surface area contributed by atoms with E-state index >= 15 is 0 Å². The first-order chi connectivity index (χ1) is 8.78. The number of fused-ring (bicyclic) bond motifs is 2. The van der Waals surface area contributed by atoms with Crippen molar-refractivity contribution in [3.05, 3.63) is 25.0 Å². The van der Waals surface area contributed by atoms with Gasteiger partial charge in [-0.05, 0) is 25.7 Å². The Morgan fingerprint density at radius 3 is 2.89 bits per heavy atom. The summed E-state index contributed by atoms with van der Waals surface area (Å²) in [6.45, 7) is 4.64. The summed E-state index contributed by atoms with van der Waals surface area (Å²) in [5, 5.41) is 3.69. The fraction of sp³-hybridized carbons (Fsp3) is 0.643. The molecule has 98 valence electrons. The van der Waals surface area contributed by atoms with Gasteiger partial charge in [0.25, 0.3) is 0 Å². The molecule has 2 fully saturated rings. The average molecular weight is 246 g/mol. The minimum atomic E-state index is 0.620. The molecule has 2 unspecified atom stereocenters. The fourth-order valence-electron chi connectivity index (χ4n) is 3.40. The molecule has 3 heterocycles. The number of hydrogen-bond acceptors (Lipinski definition) is 3. The van der Waals surface area contributed by atoms with Crippen LogP contribution in [-0.2, 0) is 6.54 Å². The van der Waals surface area contributed by atoms with Gasteiger partial charge in [-0.1, -0.05) is 6.08 Å². The lowest BCUT2D eigenvalue weighted by Gasteiger charge is -2.36. The third-order valence-corrected chi connectivity index (χ3v) is 4.33. The number of imidazole rings is 1. The van der Waals surface area contributed by atoms with Gasteiger partial charge in [0.15, 0.2) is 0 Å². The highest BCUT2D eigenvalue weighted by Gasteiger charge is 2.35. The highest BCUT2D eigenvalue weighted by atomic mass is 15.3. The van der Waals surface area contributed by atoms with Crippen LogP contribution in [0.1, 0.15) is 25.7 Å². The Hall–Kier alpha value is -1.29. The van der Waals surface area contributed by atoms with E-state index in [1.165, 1.54) is 25.7 Å². The van der Waals surface area contributed by atoms with Gasteiger partial charge in [0, 0.05) is 44.1 Å². The number of piperidine rings is 1. The minimum absolute atomic E-state index is 0.620. The molecule has 0 radical (unpaired) electrons. The molecule has 18 heavy (non-hydrogen) atoms. The van der Waals surface area contributed by atoms with Crippen LogP contribution in [0.4, 0.5) is 5.95 Å². The molecule has 4 nitrogen and oxygen atoms in total. The lowest BCUT2D eigenvalue weighted by Crippen LogP contribution is -2.47. The highest BCUT2D eigenvalue weighted by Crippen LogP contribution is 2.30. The minimum Gasteiger partial charge on any atom is -0.342 e. The lowest BCUT2D eigenvalue weighted by atomic mass is 9.99. The molecule has 2 saturated heterocycles. The van der Waals surface area contributed by atoms with Crippen LogP contribution < -0.4 is 10.2 Å². The molecule has 0 spiro atoms. The molecule has 2 bridgehead atoms. The van der Waals surface area contributed by atoms with Crippen molar-refractivity contribution >= 4 is 5.95 Å². The van der Waals surface area contributed by atoms with Gasteiger partial charge in [0.1, 0.15) is 0 Å². The Balaban J connectivity index is 1.75. The zero-order chi connectivity index (χ0) is 12.5. The summed E-state index contributed by atoms with van der Waals surface area (Å²) in [5.41, 5.74) is 0. The van der Waals surface area contributed by atoms with Crippen molar-refractivity contribution in [1.82, 2.24) is 14.9 Å². The zero-order valence-corrected chi connectivity index (χ0v) is 11.0. The van der Waals surface area contributed by atoms with Crippen molar-refractivity contribution in [2.45, 2.75) is 50.4 Å². The van der Waals surface area contributed by atoms with Crippen LogP contribution in [-0.4, -0.2) is 34.7 Å². The Morgan fingerprint density at radius 1 is 1.50 bits per heavy atom. The van der Waals surface area contributed by atoms with E-state index in [9.17, 15) is 0 Å².